The first-order chi connectivity index (χ1) is 12.5. The maximum absolute atomic E-state index is 13.7. The molecule has 0 bridgehead atoms. The zero-order valence-corrected chi connectivity index (χ0v) is 14.9. The molecule has 1 atom stereocenters. The Balaban J connectivity index is 1.50. The molecule has 138 valence electrons. The first-order valence-corrected chi connectivity index (χ1v) is 8.91. The highest BCUT2D eigenvalue weighted by molar-refractivity contribution is 5.76. The van der Waals surface area contributed by atoms with Gasteiger partial charge in [0.1, 0.15) is 11.6 Å². The van der Waals surface area contributed by atoms with Crippen LogP contribution in [-0.2, 0) is 11.2 Å². The molecule has 1 aliphatic rings. The van der Waals surface area contributed by atoms with Gasteiger partial charge in [-0.15, -0.1) is 0 Å². The van der Waals surface area contributed by atoms with E-state index in [4.69, 9.17) is 0 Å². The third kappa shape index (κ3) is 4.43. The van der Waals surface area contributed by atoms with E-state index < -0.39 is 11.6 Å². The second-order valence-electron chi connectivity index (χ2n) is 6.58. The number of aromatic nitrogens is 1. The molecule has 0 unspecified atom stereocenters. The van der Waals surface area contributed by atoms with Crippen LogP contribution in [0.5, 0.6) is 0 Å². The Morgan fingerprint density at radius 2 is 1.92 bits per heavy atom. The molecule has 1 aliphatic heterocycles. The van der Waals surface area contributed by atoms with E-state index in [1.807, 2.05) is 18.2 Å². The molecule has 2 aromatic rings. The summed E-state index contributed by atoms with van der Waals surface area (Å²) in [6, 6.07) is 9.44. The number of hydrogen-bond donors (Lipinski definition) is 0. The molecule has 26 heavy (non-hydrogen) atoms. The Kier molecular flexibility index (Phi) is 5.93. The van der Waals surface area contributed by atoms with Gasteiger partial charge in [-0.25, -0.2) is 8.78 Å². The molecular formula is C20H23F2N3O. The number of hydrogen-bond acceptors (Lipinski definition) is 3. The third-order valence-corrected chi connectivity index (χ3v) is 4.95. The van der Waals surface area contributed by atoms with Crippen molar-refractivity contribution in [2.45, 2.75) is 25.8 Å². The lowest BCUT2D eigenvalue weighted by molar-refractivity contribution is -0.133. The Morgan fingerprint density at radius 1 is 1.15 bits per heavy atom. The molecule has 2 heterocycles. The van der Waals surface area contributed by atoms with E-state index in [2.05, 4.69) is 16.8 Å². The van der Waals surface area contributed by atoms with Gasteiger partial charge in [-0.3, -0.25) is 14.7 Å². The van der Waals surface area contributed by atoms with Crippen LogP contribution in [-0.4, -0.2) is 46.9 Å². The number of piperazine rings is 1. The molecule has 1 aromatic heterocycles. The highest BCUT2D eigenvalue weighted by Crippen LogP contribution is 2.20. The van der Waals surface area contributed by atoms with Crippen molar-refractivity contribution < 1.29 is 13.6 Å². The van der Waals surface area contributed by atoms with E-state index in [-0.39, 0.29) is 30.4 Å². The maximum atomic E-state index is 13.7. The van der Waals surface area contributed by atoms with Gasteiger partial charge in [0.25, 0.3) is 0 Å². The van der Waals surface area contributed by atoms with Crippen molar-refractivity contribution in [3.63, 3.8) is 0 Å². The molecule has 1 fully saturated rings. The Labute approximate surface area is 152 Å². The van der Waals surface area contributed by atoms with Crippen molar-refractivity contribution in [2.24, 2.45) is 0 Å². The maximum Gasteiger partial charge on any atom is 0.222 e. The molecule has 3 rings (SSSR count). The molecule has 0 aliphatic carbocycles. The molecule has 4 nitrogen and oxygen atoms in total. The van der Waals surface area contributed by atoms with Crippen LogP contribution in [0.2, 0.25) is 0 Å². The fourth-order valence-corrected chi connectivity index (χ4v) is 3.30. The van der Waals surface area contributed by atoms with Crippen molar-refractivity contribution >= 4 is 5.91 Å². The normalized spacial score (nSPS) is 16.5. The second kappa shape index (κ2) is 8.36. The van der Waals surface area contributed by atoms with Crippen molar-refractivity contribution in [1.29, 1.82) is 0 Å². The van der Waals surface area contributed by atoms with E-state index in [1.165, 1.54) is 0 Å². The second-order valence-corrected chi connectivity index (χ2v) is 6.58. The minimum atomic E-state index is -0.481. The molecule has 0 saturated carbocycles. The molecule has 1 amide bonds. The summed E-state index contributed by atoms with van der Waals surface area (Å²) in [6.07, 6.45) is 2.19. The summed E-state index contributed by atoms with van der Waals surface area (Å²) in [5, 5.41) is 0. The monoisotopic (exact) mass is 359 g/mol. The minimum Gasteiger partial charge on any atom is -0.340 e. The van der Waals surface area contributed by atoms with Crippen LogP contribution in [0.4, 0.5) is 8.78 Å². The van der Waals surface area contributed by atoms with Gasteiger partial charge in [0.2, 0.25) is 5.91 Å². The first-order valence-electron chi connectivity index (χ1n) is 8.91. The fourth-order valence-electron chi connectivity index (χ4n) is 3.30. The van der Waals surface area contributed by atoms with Gasteiger partial charge in [-0.05, 0) is 49.2 Å². The lowest BCUT2D eigenvalue weighted by Gasteiger charge is -2.38. The number of carbonyl (C=O) groups is 1. The summed E-state index contributed by atoms with van der Waals surface area (Å²) in [7, 11) is 0. The van der Waals surface area contributed by atoms with Gasteiger partial charge in [-0.2, -0.15) is 0 Å². The summed E-state index contributed by atoms with van der Waals surface area (Å²) in [5.74, 6) is -0.960. The predicted octanol–water partition coefficient (Wildman–Crippen LogP) is 3.20. The number of halogens is 2. The van der Waals surface area contributed by atoms with Crippen LogP contribution in [0.15, 0.2) is 42.6 Å². The molecule has 0 N–H and O–H groups in total. The summed E-state index contributed by atoms with van der Waals surface area (Å²) in [6.45, 7) is 4.95. The van der Waals surface area contributed by atoms with Gasteiger partial charge < -0.3 is 4.90 Å². The van der Waals surface area contributed by atoms with Crippen molar-refractivity contribution in [3.8, 4) is 0 Å². The van der Waals surface area contributed by atoms with Gasteiger partial charge in [0.05, 0.1) is 5.69 Å². The molecule has 0 radical (unpaired) electrons. The summed E-state index contributed by atoms with van der Waals surface area (Å²) in [5.41, 5.74) is 1.27. The van der Waals surface area contributed by atoms with E-state index in [1.54, 1.807) is 11.1 Å². The SMILES string of the molecule is C[C@@H](c1ccccn1)N1CCN(C(=O)CCc2cc(F)ccc2F)CC1. The van der Waals surface area contributed by atoms with Gasteiger partial charge in [-0.1, -0.05) is 6.07 Å². The smallest absolute Gasteiger partial charge is 0.222 e. The quantitative estimate of drug-likeness (QED) is 0.823. The topological polar surface area (TPSA) is 36.4 Å². The standard InChI is InChI=1S/C20H23F2N3O/c1-15(19-4-2-3-9-23-19)24-10-12-25(13-11-24)20(26)8-5-16-14-17(21)6-7-18(16)22/h2-4,6-7,9,14-15H,5,8,10-13H2,1H3/t15-/m0/s1. The van der Waals surface area contributed by atoms with Gasteiger partial charge >= 0.3 is 0 Å². The van der Waals surface area contributed by atoms with Crippen LogP contribution in [0.1, 0.15) is 30.6 Å². The molecule has 0 spiro atoms. The molecule has 6 heteroatoms. The number of pyridine rings is 1. The van der Waals surface area contributed by atoms with E-state index in [9.17, 15) is 13.6 Å². The van der Waals surface area contributed by atoms with E-state index in [0.717, 1.165) is 37.0 Å². The summed E-state index contributed by atoms with van der Waals surface area (Å²) in [4.78, 5) is 20.9. The number of carbonyl (C=O) groups excluding carboxylic acids is 1. The van der Waals surface area contributed by atoms with Crippen LogP contribution in [0, 0.1) is 11.6 Å². The number of benzene rings is 1. The lowest BCUT2D eigenvalue weighted by atomic mass is 10.1. The number of rotatable bonds is 5. The third-order valence-electron chi connectivity index (χ3n) is 4.95. The number of aryl methyl sites for hydroxylation is 1. The van der Waals surface area contributed by atoms with E-state index in [0.29, 0.717) is 13.1 Å². The van der Waals surface area contributed by atoms with Crippen LogP contribution in [0.25, 0.3) is 0 Å². The summed E-state index contributed by atoms with van der Waals surface area (Å²) < 4.78 is 26.9. The van der Waals surface area contributed by atoms with E-state index >= 15 is 0 Å². The highest BCUT2D eigenvalue weighted by atomic mass is 19.1. The minimum absolute atomic E-state index is 0.0150. The van der Waals surface area contributed by atoms with Crippen LogP contribution >= 0.6 is 0 Å². The van der Waals surface area contributed by atoms with Crippen LogP contribution < -0.4 is 0 Å². The summed E-state index contributed by atoms with van der Waals surface area (Å²) >= 11 is 0. The average molecular weight is 359 g/mol. The van der Waals surface area contributed by atoms with Gasteiger partial charge in [0, 0.05) is 44.8 Å². The Morgan fingerprint density at radius 3 is 2.62 bits per heavy atom. The van der Waals surface area contributed by atoms with Crippen molar-refractivity contribution in [2.75, 3.05) is 26.2 Å². The number of nitrogens with zero attached hydrogens (tertiary/aromatic N) is 3. The zero-order valence-electron chi connectivity index (χ0n) is 14.9. The van der Waals surface area contributed by atoms with Crippen molar-refractivity contribution in [3.05, 3.63) is 65.5 Å². The molecule has 1 aromatic carbocycles. The largest absolute Gasteiger partial charge is 0.340 e. The molecule has 1 saturated heterocycles. The highest BCUT2D eigenvalue weighted by Gasteiger charge is 2.25. The predicted molar refractivity (Wildman–Crippen MR) is 95.5 cm³/mol. The van der Waals surface area contributed by atoms with Crippen molar-refractivity contribution in [1.82, 2.24) is 14.8 Å². The van der Waals surface area contributed by atoms with Crippen LogP contribution in [0.3, 0.4) is 0 Å². The Bertz CT molecular complexity index is 746. The number of amides is 1. The molecular weight excluding hydrogens is 336 g/mol. The van der Waals surface area contributed by atoms with Gasteiger partial charge in [0.15, 0.2) is 0 Å². The Hall–Kier alpha value is -2.34. The fraction of sp³-hybridized carbons (Fsp3) is 0.400. The lowest BCUT2D eigenvalue weighted by Crippen LogP contribution is -2.49. The zero-order chi connectivity index (χ0) is 18.5. The average Bonchev–Trinajstić information content (AvgIpc) is 2.68. The first kappa shape index (κ1) is 18.5.